The topological polar surface area (TPSA) is 32.3 Å². The quantitative estimate of drug-likeness (QED) is 0.833. The van der Waals surface area contributed by atoms with E-state index < -0.39 is 0 Å². The predicted octanol–water partition coefficient (Wildman–Crippen LogP) is 2.71. The zero-order chi connectivity index (χ0) is 12.3. The van der Waals surface area contributed by atoms with Crippen molar-refractivity contribution in [3.8, 4) is 0 Å². The van der Waals surface area contributed by atoms with Gasteiger partial charge in [-0.25, -0.2) is 0 Å². The first-order valence-corrected chi connectivity index (χ1v) is 7.08. The maximum absolute atomic E-state index is 12.0. The van der Waals surface area contributed by atoms with Gasteiger partial charge >= 0.3 is 0 Å². The molecule has 0 saturated heterocycles. The number of rotatable bonds is 5. The van der Waals surface area contributed by atoms with Crippen LogP contribution in [0, 0.1) is 3.57 Å². The van der Waals surface area contributed by atoms with Crippen LogP contribution < -0.4 is 5.32 Å². The summed E-state index contributed by atoms with van der Waals surface area (Å²) in [5.74, 6) is 0.203. The van der Waals surface area contributed by atoms with Crippen molar-refractivity contribution in [2.24, 2.45) is 0 Å². The van der Waals surface area contributed by atoms with Crippen molar-refractivity contribution in [3.05, 3.63) is 27.8 Å². The summed E-state index contributed by atoms with van der Waals surface area (Å²) in [7, 11) is 0. The van der Waals surface area contributed by atoms with Gasteiger partial charge in [0.1, 0.15) is 0 Å². The number of nitrogens with one attached hydrogen (secondary N) is 1. The monoisotopic (exact) mass is 344 g/mol. The minimum Gasteiger partial charge on any atom is -0.375 e. The van der Waals surface area contributed by atoms with Crippen LogP contribution in [0.3, 0.4) is 0 Å². The third-order valence-electron chi connectivity index (χ3n) is 2.95. The number of para-hydroxylation sites is 1. The highest BCUT2D eigenvalue weighted by Gasteiger charge is 2.30. The van der Waals surface area contributed by atoms with Crippen LogP contribution in [0.5, 0.6) is 0 Å². The van der Waals surface area contributed by atoms with E-state index in [1.165, 1.54) is 12.8 Å². The average Bonchev–Trinajstić information content (AvgIpc) is 3.13. The minimum atomic E-state index is 0.203. The molecule has 2 rings (SSSR count). The van der Waals surface area contributed by atoms with E-state index >= 15 is 0 Å². The van der Waals surface area contributed by atoms with Crippen LogP contribution in [0.25, 0.3) is 0 Å². The molecule has 4 heteroatoms. The maximum atomic E-state index is 12.0. The molecular formula is C13H17IN2O. The van der Waals surface area contributed by atoms with Crippen molar-refractivity contribution in [1.29, 1.82) is 0 Å². The zero-order valence-corrected chi connectivity index (χ0v) is 12.1. The molecule has 0 heterocycles. The zero-order valence-electron chi connectivity index (χ0n) is 9.95. The molecule has 92 valence electrons. The predicted molar refractivity (Wildman–Crippen MR) is 78.1 cm³/mol. The lowest BCUT2D eigenvalue weighted by Gasteiger charge is -2.21. The van der Waals surface area contributed by atoms with Gasteiger partial charge in [0.25, 0.3) is 0 Å². The van der Waals surface area contributed by atoms with Crippen molar-refractivity contribution in [2.75, 3.05) is 18.4 Å². The number of anilines is 1. The fourth-order valence-corrected chi connectivity index (χ4v) is 2.48. The van der Waals surface area contributed by atoms with Crippen molar-refractivity contribution >= 4 is 34.2 Å². The lowest BCUT2D eigenvalue weighted by Crippen LogP contribution is -2.37. The molecule has 3 nitrogen and oxygen atoms in total. The van der Waals surface area contributed by atoms with Crippen molar-refractivity contribution in [2.45, 2.75) is 25.8 Å². The van der Waals surface area contributed by atoms with Gasteiger partial charge in [-0.15, -0.1) is 0 Å². The van der Waals surface area contributed by atoms with Crippen LogP contribution in [0.2, 0.25) is 0 Å². The average molecular weight is 344 g/mol. The van der Waals surface area contributed by atoms with E-state index in [2.05, 4.69) is 27.9 Å². The van der Waals surface area contributed by atoms with Gasteiger partial charge < -0.3 is 10.2 Å². The molecule has 0 aromatic heterocycles. The molecule has 1 amide bonds. The number of carbonyl (C=O) groups is 1. The first-order valence-electron chi connectivity index (χ1n) is 6.00. The van der Waals surface area contributed by atoms with E-state index in [1.807, 2.05) is 36.1 Å². The summed E-state index contributed by atoms with van der Waals surface area (Å²) in [6.45, 7) is 3.25. The summed E-state index contributed by atoms with van der Waals surface area (Å²) in [5, 5.41) is 3.21. The van der Waals surface area contributed by atoms with Crippen molar-refractivity contribution in [1.82, 2.24) is 4.90 Å². The highest BCUT2D eigenvalue weighted by atomic mass is 127. The molecule has 1 saturated carbocycles. The van der Waals surface area contributed by atoms with Gasteiger partial charge in [-0.3, -0.25) is 4.79 Å². The SMILES string of the molecule is CCN(C(=O)CNc1ccccc1I)C1CC1. The van der Waals surface area contributed by atoms with Crippen LogP contribution in [-0.4, -0.2) is 29.9 Å². The number of carbonyl (C=O) groups excluding carboxylic acids is 1. The van der Waals surface area contributed by atoms with E-state index in [0.29, 0.717) is 12.6 Å². The van der Waals surface area contributed by atoms with E-state index in [9.17, 15) is 4.79 Å². The summed E-state index contributed by atoms with van der Waals surface area (Å²) < 4.78 is 1.15. The molecule has 0 bridgehead atoms. The van der Waals surface area contributed by atoms with Crippen LogP contribution >= 0.6 is 22.6 Å². The van der Waals surface area contributed by atoms with E-state index in [-0.39, 0.29) is 5.91 Å². The van der Waals surface area contributed by atoms with Crippen molar-refractivity contribution in [3.63, 3.8) is 0 Å². The second kappa shape index (κ2) is 5.71. The highest BCUT2D eigenvalue weighted by molar-refractivity contribution is 14.1. The van der Waals surface area contributed by atoms with Crippen LogP contribution in [0.15, 0.2) is 24.3 Å². The van der Waals surface area contributed by atoms with E-state index in [4.69, 9.17) is 0 Å². The smallest absolute Gasteiger partial charge is 0.242 e. The first kappa shape index (κ1) is 12.7. The number of hydrogen-bond donors (Lipinski definition) is 1. The van der Waals surface area contributed by atoms with Gasteiger partial charge in [0.15, 0.2) is 0 Å². The molecule has 1 N–H and O–H groups in total. The third kappa shape index (κ3) is 3.34. The Morgan fingerprint density at radius 3 is 2.76 bits per heavy atom. The largest absolute Gasteiger partial charge is 0.375 e. The standard InChI is InChI=1S/C13H17IN2O/c1-2-16(10-7-8-10)13(17)9-15-12-6-4-3-5-11(12)14/h3-6,10,15H,2,7-9H2,1H3. The molecule has 17 heavy (non-hydrogen) atoms. The normalized spacial score (nSPS) is 14.5. The summed E-state index contributed by atoms with van der Waals surface area (Å²) in [4.78, 5) is 14.0. The van der Waals surface area contributed by atoms with Crippen LogP contribution in [0.1, 0.15) is 19.8 Å². The Morgan fingerprint density at radius 1 is 1.47 bits per heavy atom. The molecule has 1 aromatic rings. The van der Waals surface area contributed by atoms with Gasteiger partial charge in [-0.1, -0.05) is 12.1 Å². The Bertz CT molecular complexity index is 404. The van der Waals surface area contributed by atoms with Gasteiger partial charge in [0, 0.05) is 21.8 Å². The molecular weight excluding hydrogens is 327 g/mol. The fraction of sp³-hybridized carbons (Fsp3) is 0.462. The molecule has 1 fully saturated rings. The summed E-state index contributed by atoms with van der Waals surface area (Å²) >= 11 is 2.27. The summed E-state index contributed by atoms with van der Waals surface area (Å²) in [6.07, 6.45) is 2.34. The number of benzene rings is 1. The molecule has 1 aliphatic rings. The minimum absolute atomic E-state index is 0.203. The molecule has 0 unspecified atom stereocenters. The molecule has 1 aromatic carbocycles. The highest BCUT2D eigenvalue weighted by Crippen LogP contribution is 2.26. The number of halogens is 1. The first-order chi connectivity index (χ1) is 8.22. The Balaban J connectivity index is 1.89. The Labute approximate surface area is 116 Å². The lowest BCUT2D eigenvalue weighted by atomic mass is 10.3. The maximum Gasteiger partial charge on any atom is 0.242 e. The summed E-state index contributed by atoms with van der Waals surface area (Å²) in [5.41, 5.74) is 1.04. The number of likely N-dealkylation sites (N-methyl/N-ethyl adjacent to an activating group) is 1. The second-order valence-electron chi connectivity index (χ2n) is 4.24. The Morgan fingerprint density at radius 2 is 2.18 bits per heavy atom. The Hall–Kier alpha value is -0.780. The van der Waals surface area contributed by atoms with Gasteiger partial charge in [-0.05, 0) is 54.5 Å². The van der Waals surface area contributed by atoms with Gasteiger partial charge in [-0.2, -0.15) is 0 Å². The van der Waals surface area contributed by atoms with Gasteiger partial charge in [0.2, 0.25) is 5.91 Å². The van der Waals surface area contributed by atoms with Crippen LogP contribution in [-0.2, 0) is 4.79 Å². The molecule has 1 aliphatic carbocycles. The fourth-order valence-electron chi connectivity index (χ4n) is 1.90. The molecule has 0 atom stereocenters. The molecule has 0 radical (unpaired) electrons. The second-order valence-corrected chi connectivity index (χ2v) is 5.41. The number of hydrogen-bond acceptors (Lipinski definition) is 2. The lowest BCUT2D eigenvalue weighted by molar-refractivity contribution is -0.129. The third-order valence-corrected chi connectivity index (χ3v) is 3.89. The Kier molecular flexibility index (Phi) is 4.25. The number of nitrogens with zero attached hydrogens (tertiary/aromatic N) is 1. The number of amides is 1. The van der Waals surface area contributed by atoms with E-state index in [1.54, 1.807) is 0 Å². The summed E-state index contributed by atoms with van der Waals surface area (Å²) in [6, 6.07) is 8.52. The van der Waals surface area contributed by atoms with Crippen LogP contribution in [0.4, 0.5) is 5.69 Å². The van der Waals surface area contributed by atoms with Gasteiger partial charge in [0.05, 0.1) is 6.54 Å². The molecule has 0 spiro atoms. The van der Waals surface area contributed by atoms with E-state index in [0.717, 1.165) is 15.8 Å². The van der Waals surface area contributed by atoms with Crippen molar-refractivity contribution < 1.29 is 4.79 Å². The molecule has 0 aliphatic heterocycles.